The van der Waals surface area contributed by atoms with E-state index in [9.17, 15) is 13.2 Å². The first-order valence-corrected chi connectivity index (χ1v) is 6.92. The molecule has 0 atom stereocenters. The minimum absolute atomic E-state index is 0.166. The fraction of sp³-hybridized carbons (Fsp3) is 0.500. The Labute approximate surface area is 121 Å². The highest BCUT2D eigenvalue weighted by Gasteiger charge is 2.34. The topological polar surface area (TPSA) is 35.2 Å². The van der Waals surface area contributed by atoms with Crippen LogP contribution < -0.4 is 10.5 Å². The SMILES string of the molecule is NC(=S)c1ccc(OCC2CCCC2)cc1C(F)(F)F. The molecule has 1 fully saturated rings. The minimum atomic E-state index is -4.49. The Morgan fingerprint density at radius 1 is 1.30 bits per heavy atom. The first-order valence-electron chi connectivity index (χ1n) is 6.52. The molecule has 0 radical (unpaired) electrons. The molecule has 1 aliphatic carbocycles. The third kappa shape index (κ3) is 3.62. The first-order chi connectivity index (χ1) is 9.38. The maximum absolute atomic E-state index is 13.0. The van der Waals surface area contributed by atoms with Crippen LogP contribution in [0.1, 0.15) is 36.8 Å². The molecule has 0 aromatic heterocycles. The summed E-state index contributed by atoms with van der Waals surface area (Å²) in [6.45, 7) is 0.462. The van der Waals surface area contributed by atoms with E-state index in [0.29, 0.717) is 12.5 Å². The molecule has 0 bridgehead atoms. The summed E-state index contributed by atoms with van der Waals surface area (Å²) in [4.78, 5) is -0.264. The summed E-state index contributed by atoms with van der Waals surface area (Å²) in [5.74, 6) is 0.656. The fourth-order valence-electron chi connectivity index (χ4n) is 2.45. The van der Waals surface area contributed by atoms with Crippen molar-refractivity contribution >= 4 is 17.2 Å². The molecule has 0 spiro atoms. The Morgan fingerprint density at radius 2 is 1.95 bits per heavy atom. The summed E-state index contributed by atoms with van der Waals surface area (Å²) in [7, 11) is 0. The van der Waals surface area contributed by atoms with Crippen LogP contribution >= 0.6 is 12.2 Å². The van der Waals surface area contributed by atoms with Crippen molar-refractivity contribution in [2.75, 3.05) is 6.61 Å². The van der Waals surface area contributed by atoms with Crippen molar-refractivity contribution in [2.45, 2.75) is 31.9 Å². The molecule has 0 amide bonds. The van der Waals surface area contributed by atoms with E-state index in [2.05, 4.69) is 12.2 Å². The van der Waals surface area contributed by atoms with Gasteiger partial charge in [-0.3, -0.25) is 0 Å². The van der Waals surface area contributed by atoms with Gasteiger partial charge in [0.2, 0.25) is 0 Å². The molecule has 110 valence electrons. The van der Waals surface area contributed by atoms with E-state index in [1.165, 1.54) is 25.0 Å². The van der Waals surface area contributed by atoms with Crippen LogP contribution in [0.5, 0.6) is 5.75 Å². The lowest BCUT2D eigenvalue weighted by molar-refractivity contribution is -0.137. The molecule has 0 heterocycles. The summed E-state index contributed by atoms with van der Waals surface area (Å²) in [5.41, 5.74) is 4.32. The van der Waals surface area contributed by atoms with E-state index in [1.54, 1.807) is 0 Å². The van der Waals surface area contributed by atoms with E-state index in [4.69, 9.17) is 10.5 Å². The molecule has 1 saturated carbocycles. The van der Waals surface area contributed by atoms with Crippen molar-refractivity contribution in [2.24, 2.45) is 11.7 Å². The Hall–Kier alpha value is -1.30. The molecule has 1 aromatic rings. The quantitative estimate of drug-likeness (QED) is 0.857. The van der Waals surface area contributed by atoms with Crippen molar-refractivity contribution in [1.82, 2.24) is 0 Å². The zero-order valence-electron chi connectivity index (χ0n) is 10.9. The number of rotatable bonds is 4. The highest BCUT2D eigenvalue weighted by molar-refractivity contribution is 7.80. The van der Waals surface area contributed by atoms with Gasteiger partial charge in [-0.05, 0) is 37.0 Å². The number of alkyl halides is 3. The lowest BCUT2D eigenvalue weighted by Gasteiger charge is -2.16. The largest absolute Gasteiger partial charge is 0.493 e. The number of hydrogen-bond acceptors (Lipinski definition) is 2. The van der Waals surface area contributed by atoms with Gasteiger partial charge in [-0.25, -0.2) is 0 Å². The number of ether oxygens (including phenoxy) is 1. The normalized spacial score (nSPS) is 16.4. The van der Waals surface area contributed by atoms with Crippen LogP contribution in [0.15, 0.2) is 18.2 Å². The standard InChI is InChI=1S/C14H16F3NOS/c15-14(16,17)12-7-10(5-6-11(12)13(18)20)19-8-9-3-1-2-4-9/h5-7,9H,1-4,8H2,(H2,18,20). The van der Waals surface area contributed by atoms with Crippen LogP contribution in [0.2, 0.25) is 0 Å². The third-order valence-electron chi connectivity index (χ3n) is 3.52. The second kappa shape index (κ2) is 5.99. The van der Waals surface area contributed by atoms with Crippen LogP contribution in [0.25, 0.3) is 0 Å². The van der Waals surface area contributed by atoms with E-state index >= 15 is 0 Å². The van der Waals surface area contributed by atoms with Gasteiger partial charge in [-0.2, -0.15) is 13.2 Å². The molecular formula is C14H16F3NOS. The Balaban J connectivity index is 2.16. The van der Waals surface area contributed by atoms with Gasteiger partial charge in [0.15, 0.2) is 0 Å². The molecule has 2 rings (SSSR count). The van der Waals surface area contributed by atoms with Crippen molar-refractivity contribution in [3.05, 3.63) is 29.3 Å². The third-order valence-corrected chi connectivity index (χ3v) is 3.74. The van der Waals surface area contributed by atoms with Gasteiger partial charge in [-0.15, -0.1) is 0 Å². The number of benzene rings is 1. The molecule has 2 N–H and O–H groups in total. The molecule has 0 saturated heterocycles. The van der Waals surface area contributed by atoms with E-state index in [1.807, 2.05) is 0 Å². The maximum Gasteiger partial charge on any atom is 0.417 e. The molecule has 1 aliphatic rings. The molecular weight excluding hydrogens is 287 g/mol. The van der Waals surface area contributed by atoms with Crippen LogP contribution in [0, 0.1) is 5.92 Å². The average molecular weight is 303 g/mol. The zero-order chi connectivity index (χ0) is 14.8. The van der Waals surface area contributed by atoms with Gasteiger partial charge in [0.05, 0.1) is 12.2 Å². The number of hydrogen-bond donors (Lipinski definition) is 1. The fourth-order valence-corrected chi connectivity index (χ4v) is 2.63. The monoisotopic (exact) mass is 303 g/mol. The molecule has 20 heavy (non-hydrogen) atoms. The van der Waals surface area contributed by atoms with E-state index in [0.717, 1.165) is 18.9 Å². The molecule has 0 unspecified atom stereocenters. The van der Waals surface area contributed by atoms with Crippen molar-refractivity contribution in [3.8, 4) is 5.75 Å². The zero-order valence-corrected chi connectivity index (χ0v) is 11.7. The second-order valence-electron chi connectivity index (χ2n) is 5.03. The Morgan fingerprint density at radius 3 is 2.50 bits per heavy atom. The van der Waals surface area contributed by atoms with Gasteiger partial charge < -0.3 is 10.5 Å². The Kier molecular flexibility index (Phi) is 4.52. The minimum Gasteiger partial charge on any atom is -0.493 e. The van der Waals surface area contributed by atoms with E-state index in [-0.39, 0.29) is 16.3 Å². The average Bonchev–Trinajstić information content (AvgIpc) is 2.88. The summed E-state index contributed by atoms with van der Waals surface area (Å²) < 4.78 is 44.4. The van der Waals surface area contributed by atoms with Gasteiger partial charge >= 0.3 is 6.18 Å². The summed E-state index contributed by atoms with van der Waals surface area (Å²) >= 11 is 4.65. The lowest BCUT2D eigenvalue weighted by atomic mass is 10.1. The van der Waals surface area contributed by atoms with Crippen LogP contribution in [0.4, 0.5) is 13.2 Å². The van der Waals surface area contributed by atoms with Crippen molar-refractivity contribution in [3.63, 3.8) is 0 Å². The van der Waals surface area contributed by atoms with Crippen LogP contribution in [-0.4, -0.2) is 11.6 Å². The van der Waals surface area contributed by atoms with Gasteiger partial charge in [0.1, 0.15) is 10.7 Å². The molecule has 1 aromatic carbocycles. The summed E-state index contributed by atoms with van der Waals surface area (Å²) in [5, 5.41) is 0. The van der Waals surface area contributed by atoms with Gasteiger partial charge in [-0.1, -0.05) is 25.1 Å². The number of thiocarbonyl (C=S) groups is 1. The van der Waals surface area contributed by atoms with Crippen molar-refractivity contribution in [1.29, 1.82) is 0 Å². The number of halogens is 3. The van der Waals surface area contributed by atoms with Crippen LogP contribution in [0.3, 0.4) is 0 Å². The highest BCUT2D eigenvalue weighted by atomic mass is 32.1. The molecule has 2 nitrogen and oxygen atoms in total. The lowest BCUT2D eigenvalue weighted by Crippen LogP contribution is -2.18. The Bertz CT molecular complexity index is 496. The summed E-state index contributed by atoms with van der Waals surface area (Å²) in [6, 6.07) is 3.73. The summed E-state index contributed by atoms with van der Waals surface area (Å²) in [6.07, 6.45) is 0.00407. The number of nitrogens with two attached hydrogens (primary N) is 1. The van der Waals surface area contributed by atoms with Crippen LogP contribution in [-0.2, 0) is 6.18 Å². The van der Waals surface area contributed by atoms with Crippen molar-refractivity contribution < 1.29 is 17.9 Å². The van der Waals surface area contributed by atoms with E-state index < -0.39 is 11.7 Å². The predicted octanol–water partition coefficient (Wildman–Crippen LogP) is 3.91. The predicted molar refractivity (Wildman–Crippen MR) is 74.8 cm³/mol. The smallest absolute Gasteiger partial charge is 0.417 e. The van der Waals surface area contributed by atoms with Gasteiger partial charge in [0.25, 0.3) is 0 Å². The molecule has 0 aliphatic heterocycles. The maximum atomic E-state index is 13.0. The highest BCUT2D eigenvalue weighted by Crippen LogP contribution is 2.35. The first kappa shape index (κ1) is 15.1. The molecule has 6 heteroatoms. The second-order valence-corrected chi connectivity index (χ2v) is 5.47. The van der Waals surface area contributed by atoms with Gasteiger partial charge in [0, 0.05) is 5.56 Å².